The van der Waals surface area contributed by atoms with Gasteiger partial charge in [-0.2, -0.15) is 5.10 Å². The van der Waals surface area contributed by atoms with Crippen molar-refractivity contribution in [3.63, 3.8) is 0 Å². The lowest BCUT2D eigenvalue weighted by Gasteiger charge is -2.43. The summed E-state index contributed by atoms with van der Waals surface area (Å²) in [5.41, 5.74) is 4.35. The van der Waals surface area contributed by atoms with Crippen molar-refractivity contribution >= 4 is 17.6 Å². The van der Waals surface area contributed by atoms with Crippen LogP contribution in [0.15, 0.2) is 24.4 Å². The van der Waals surface area contributed by atoms with E-state index in [0.717, 1.165) is 36.2 Å². The molecule has 2 N–H and O–H groups in total. The minimum Gasteiger partial charge on any atom is -0.368 e. The topological polar surface area (TPSA) is 90.6 Å². The monoisotopic (exact) mass is 395 g/mol. The van der Waals surface area contributed by atoms with Crippen LogP contribution in [0.2, 0.25) is 0 Å². The lowest BCUT2D eigenvalue weighted by atomic mass is 9.83. The van der Waals surface area contributed by atoms with Crippen molar-refractivity contribution in [3.8, 4) is 0 Å². The van der Waals surface area contributed by atoms with E-state index >= 15 is 0 Å². The molecule has 2 saturated heterocycles. The summed E-state index contributed by atoms with van der Waals surface area (Å²) in [7, 11) is 0. The highest BCUT2D eigenvalue weighted by molar-refractivity contribution is 5.99. The zero-order valence-electron chi connectivity index (χ0n) is 16.5. The maximum absolute atomic E-state index is 13.2. The average Bonchev–Trinajstić information content (AvgIpc) is 3.38. The first-order chi connectivity index (χ1) is 14.1. The second-order valence-corrected chi connectivity index (χ2v) is 8.04. The van der Waals surface area contributed by atoms with Crippen LogP contribution in [0, 0.1) is 6.92 Å². The number of amides is 3. The number of rotatable bonds is 2. The summed E-state index contributed by atoms with van der Waals surface area (Å²) in [6.07, 6.45) is 4.27. The van der Waals surface area contributed by atoms with Gasteiger partial charge in [0.1, 0.15) is 5.60 Å². The third-order valence-electron chi connectivity index (χ3n) is 6.39. The van der Waals surface area contributed by atoms with Gasteiger partial charge in [-0.25, -0.2) is 4.79 Å². The van der Waals surface area contributed by atoms with Gasteiger partial charge in [0.2, 0.25) is 0 Å². The third-order valence-corrected chi connectivity index (χ3v) is 6.39. The molecule has 0 aliphatic carbocycles. The highest BCUT2D eigenvalue weighted by atomic mass is 16.5. The molecule has 8 heteroatoms. The zero-order valence-corrected chi connectivity index (χ0v) is 16.5. The Hall–Kier alpha value is -2.87. The Balaban J connectivity index is 1.34. The molecule has 8 nitrogen and oxygen atoms in total. The van der Waals surface area contributed by atoms with Crippen molar-refractivity contribution in [2.45, 2.75) is 31.8 Å². The molecule has 29 heavy (non-hydrogen) atoms. The SMILES string of the molecule is Cc1ccc(C(=O)N2CCC3(CC2)OCCc2cn[nH]c23)cc1N1CCNC1=O. The standard InChI is InChI=1S/C21H25N5O3/c1-14-2-3-15(12-17(14)26-10-7-22-20(26)28)19(27)25-8-5-21(6-9-25)18-16(4-11-29-21)13-23-24-18/h2-3,12-13H,4-11H2,1H3,(H,22,28)(H,23,24). The number of fused-ring (bicyclic) bond motifs is 2. The molecule has 0 radical (unpaired) electrons. The molecule has 1 aromatic carbocycles. The van der Waals surface area contributed by atoms with Crippen LogP contribution in [-0.4, -0.2) is 59.8 Å². The molecule has 1 aromatic heterocycles. The summed E-state index contributed by atoms with van der Waals surface area (Å²) in [5.74, 6) is 0.00125. The fraction of sp³-hybridized carbons (Fsp3) is 0.476. The van der Waals surface area contributed by atoms with Gasteiger partial charge >= 0.3 is 6.03 Å². The van der Waals surface area contributed by atoms with E-state index in [9.17, 15) is 9.59 Å². The number of benzene rings is 1. The van der Waals surface area contributed by atoms with E-state index in [0.29, 0.717) is 38.3 Å². The van der Waals surface area contributed by atoms with E-state index in [2.05, 4.69) is 15.5 Å². The van der Waals surface area contributed by atoms with E-state index in [1.807, 2.05) is 36.2 Å². The molecule has 1 spiro atoms. The molecule has 4 heterocycles. The fourth-order valence-electron chi connectivity index (χ4n) is 4.71. The lowest BCUT2D eigenvalue weighted by Crippen LogP contribution is -2.48. The van der Waals surface area contributed by atoms with Crippen LogP contribution in [0.3, 0.4) is 0 Å². The first kappa shape index (κ1) is 18.2. The summed E-state index contributed by atoms with van der Waals surface area (Å²) in [5, 5.41) is 10.1. The van der Waals surface area contributed by atoms with Gasteiger partial charge in [-0.3, -0.25) is 14.8 Å². The van der Waals surface area contributed by atoms with Crippen molar-refractivity contribution in [2.75, 3.05) is 37.7 Å². The molecule has 3 amide bonds. The van der Waals surface area contributed by atoms with Gasteiger partial charge < -0.3 is 15.0 Å². The Kier molecular flexibility index (Phi) is 4.31. The molecule has 0 saturated carbocycles. The number of ether oxygens (including phenoxy) is 1. The normalized spacial score (nSPS) is 20.7. The largest absolute Gasteiger partial charge is 0.368 e. The predicted molar refractivity (Wildman–Crippen MR) is 107 cm³/mol. The van der Waals surface area contributed by atoms with E-state index < -0.39 is 0 Å². The van der Waals surface area contributed by atoms with Crippen molar-refractivity contribution in [2.24, 2.45) is 0 Å². The summed E-state index contributed by atoms with van der Waals surface area (Å²) in [6, 6.07) is 5.50. The number of H-pyrrole nitrogens is 1. The number of nitrogens with one attached hydrogen (secondary N) is 2. The molecular weight excluding hydrogens is 370 g/mol. The number of carbonyl (C=O) groups excluding carboxylic acids is 2. The number of hydrogen-bond donors (Lipinski definition) is 2. The van der Waals surface area contributed by atoms with E-state index in [4.69, 9.17) is 4.74 Å². The number of urea groups is 1. The molecule has 0 unspecified atom stereocenters. The van der Waals surface area contributed by atoms with Gasteiger partial charge in [-0.15, -0.1) is 0 Å². The summed E-state index contributed by atoms with van der Waals surface area (Å²) in [6.45, 7) is 5.16. The van der Waals surface area contributed by atoms with Gasteiger partial charge in [0, 0.05) is 37.4 Å². The first-order valence-electron chi connectivity index (χ1n) is 10.2. The molecular formula is C21H25N5O3. The second-order valence-electron chi connectivity index (χ2n) is 8.04. The van der Waals surface area contributed by atoms with Gasteiger partial charge in [0.25, 0.3) is 5.91 Å². The highest BCUT2D eigenvalue weighted by Gasteiger charge is 2.43. The molecule has 152 valence electrons. The molecule has 0 atom stereocenters. The second kappa shape index (κ2) is 6.88. The predicted octanol–water partition coefficient (Wildman–Crippen LogP) is 1.95. The number of carbonyl (C=O) groups is 2. The van der Waals surface area contributed by atoms with Gasteiger partial charge in [0.15, 0.2) is 0 Å². The molecule has 2 aromatic rings. The molecule has 3 aliphatic rings. The van der Waals surface area contributed by atoms with Gasteiger partial charge in [-0.05, 0) is 49.4 Å². The number of aromatic nitrogens is 2. The van der Waals surface area contributed by atoms with Gasteiger partial charge in [0.05, 0.1) is 18.5 Å². The molecule has 2 fully saturated rings. The Bertz CT molecular complexity index is 961. The van der Waals surface area contributed by atoms with Crippen LogP contribution >= 0.6 is 0 Å². The Morgan fingerprint density at radius 1 is 1.24 bits per heavy atom. The quantitative estimate of drug-likeness (QED) is 0.813. The number of aromatic amines is 1. The number of piperidine rings is 1. The Morgan fingerprint density at radius 3 is 2.83 bits per heavy atom. The number of anilines is 1. The van der Waals surface area contributed by atoms with Crippen molar-refractivity contribution < 1.29 is 14.3 Å². The molecule has 5 rings (SSSR count). The van der Waals surface area contributed by atoms with Crippen molar-refractivity contribution in [1.29, 1.82) is 0 Å². The van der Waals surface area contributed by atoms with Crippen LogP contribution in [-0.2, 0) is 16.8 Å². The van der Waals surface area contributed by atoms with Crippen LogP contribution in [0.25, 0.3) is 0 Å². The summed E-state index contributed by atoms with van der Waals surface area (Å²) < 4.78 is 6.18. The van der Waals surface area contributed by atoms with Crippen LogP contribution in [0.1, 0.15) is 40.0 Å². The fourth-order valence-corrected chi connectivity index (χ4v) is 4.71. The highest BCUT2D eigenvalue weighted by Crippen LogP contribution is 2.40. The van der Waals surface area contributed by atoms with Gasteiger partial charge in [-0.1, -0.05) is 6.07 Å². The first-order valence-corrected chi connectivity index (χ1v) is 10.2. The van der Waals surface area contributed by atoms with Crippen molar-refractivity contribution in [3.05, 3.63) is 46.8 Å². The lowest BCUT2D eigenvalue weighted by molar-refractivity contribution is -0.0962. The smallest absolute Gasteiger partial charge is 0.322 e. The Labute approximate surface area is 169 Å². The maximum Gasteiger partial charge on any atom is 0.322 e. The summed E-state index contributed by atoms with van der Waals surface area (Å²) >= 11 is 0. The average molecular weight is 395 g/mol. The van der Waals surface area contributed by atoms with Crippen LogP contribution < -0.4 is 10.2 Å². The summed E-state index contributed by atoms with van der Waals surface area (Å²) in [4.78, 5) is 28.8. The Morgan fingerprint density at radius 2 is 2.07 bits per heavy atom. The van der Waals surface area contributed by atoms with E-state index in [1.54, 1.807) is 4.90 Å². The molecule has 0 bridgehead atoms. The number of aryl methyl sites for hydroxylation is 1. The maximum atomic E-state index is 13.2. The zero-order chi connectivity index (χ0) is 20.0. The minimum absolute atomic E-state index is 0.00125. The molecule has 3 aliphatic heterocycles. The number of hydrogen-bond acceptors (Lipinski definition) is 4. The number of nitrogens with zero attached hydrogens (tertiary/aromatic N) is 3. The number of likely N-dealkylation sites (tertiary alicyclic amines) is 1. The van der Waals surface area contributed by atoms with Crippen LogP contribution in [0.4, 0.5) is 10.5 Å². The van der Waals surface area contributed by atoms with Crippen LogP contribution in [0.5, 0.6) is 0 Å². The van der Waals surface area contributed by atoms with E-state index in [1.165, 1.54) is 5.56 Å². The van der Waals surface area contributed by atoms with Crippen molar-refractivity contribution in [1.82, 2.24) is 20.4 Å². The third kappa shape index (κ3) is 2.98. The minimum atomic E-state index is -0.354. The van der Waals surface area contributed by atoms with E-state index in [-0.39, 0.29) is 17.5 Å².